The van der Waals surface area contributed by atoms with E-state index >= 15 is 0 Å². The minimum Gasteiger partial charge on any atom is -0.508 e. The molecule has 1 fully saturated rings. The van der Waals surface area contributed by atoms with Crippen molar-refractivity contribution in [2.24, 2.45) is 5.73 Å². The summed E-state index contributed by atoms with van der Waals surface area (Å²) in [5.41, 5.74) is 6.66. The summed E-state index contributed by atoms with van der Waals surface area (Å²) in [4.78, 5) is 0. The van der Waals surface area contributed by atoms with Crippen LogP contribution < -0.4 is 5.73 Å². The molecule has 2 unspecified atom stereocenters. The Morgan fingerprint density at radius 3 is 2.27 bits per heavy atom. The molecule has 0 spiro atoms. The molecule has 4 nitrogen and oxygen atoms in total. The van der Waals surface area contributed by atoms with Gasteiger partial charge in [-0.3, -0.25) is 0 Å². The Hall–Kier alpha value is -1.07. The van der Waals surface area contributed by atoms with Crippen LogP contribution >= 0.6 is 0 Å². The lowest BCUT2D eigenvalue weighted by atomic mass is 9.95. The number of nitrogens with two attached hydrogens (primary N) is 1. The zero-order chi connectivity index (χ0) is 11.1. The summed E-state index contributed by atoms with van der Waals surface area (Å²) < 4.78 is 22.7. The van der Waals surface area contributed by atoms with Crippen LogP contribution in [0.25, 0.3) is 0 Å². The maximum absolute atomic E-state index is 11.4. The molecule has 0 radical (unpaired) electrons. The molecule has 1 aromatic rings. The maximum Gasteiger partial charge on any atom is 0.152 e. The lowest BCUT2D eigenvalue weighted by Crippen LogP contribution is -2.27. The van der Waals surface area contributed by atoms with Crippen molar-refractivity contribution in [2.45, 2.75) is 12.0 Å². The van der Waals surface area contributed by atoms with E-state index in [9.17, 15) is 8.42 Å². The van der Waals surface area contributed by atoms with Gasteiger partial charge in [-0.15, -0.1) is 0 Å². The molecule has 0 aromatic heterocycles. The van der Waals surface area contributed by atoms with Crippen molar-refractivity contribution in [1.82, 2.24) is 0 Å². The third kappa shape index (κ3) is 2.13. The second kappa shape index (κ2) is 3.50. The van der Waals surface area contributed by atoms with E-state index in [0.29, 0.717) is 0 Å². The van der Waals surface area contributed by atoms with E-state index in [1.54, 1.807) is 24.3 Å². The highest BCUT2D eigenvalue weighted by atomic mass is 32.2. The van der Waals surface area contributed by atoms with Crippen LogP contribution in [0.15, 0.2) is 24.3 Å². The van der Waals surface area contributed by atoms with Crippen LogP contribution in [-0.4, -0.2) is 31.1 Å². The number of phenolic OH excluding ortho intramolecular Hbond substituents is 1. The molecule has 1 aliphatic heterocycles. The van der Waals surface area contributed by atoms with Gasteiger partial charge in [-0.05, 0) is 17.7 Å². The number of rotatable bonds is 1. The van der Waals surface area contributed by atoms with Gasteiger partial charge < -0.3 is 10.8 Å². The molecule has 15 heavy (non-hydrogen) atoms. The lowest BCUT2D eigenvalue weighted by Gasteiger charge is -2.13. The first-order valence-electron chi connectivity index (χ1n) is 4.73. The van der Waals surface area contributed by atoms with Gasteiger partial charge in [0, 0.05) is 12.0 Å². The van der Waals surface area contributed by atoms with Gasteiger partial charge in [0.25, 0.3) is 0 Å². The number of phenols is 1. The Bertz CT molecular complexity index is 452. The topological polar surface area (TPSA) is 80.4 Å². The van der Waals surface area contributed by atoms with Crippen LogP contribution in [0.4, 0.5) is 0 Å². The van der Waals surface area contributed by atoms with Gasteiger partial charge in [-0.1, -0.05) is 12.1 Å². The predicted molar refractivity (Wildman–Crippen MR) is 57.5 cm³/mol. The second-order valence-electron chi connectivity index (χ2n) is 3.94. The molecule has 1 aliphatic rings. The average molecular weight is 227 g/mol. The van der Waals surface area contributed by atoms with Crippen LogP contribution in [0.5, 0.6) is 5.75 Å². The second-order valence-corrected chi connectivity index (χ2v) is 6.09. The molecule has 2 atom stereocenters. The quantitative estimate of drug-likeness (QED) is 0.719. The highest BCUT2D eigenvalue weighted by molar-refractivity contribution is 7.91. The highest BCUT2D eigenvalue weighted by Gasteiger charge is 2.35. The van der Waals surface area contributed by atoms with Gasteiger partial charge in [0.1, 0.15) is 5.75 Å². The summed E-state index contributed by atoms with van der Waals surface area (Å²) in [7, 11) is -2.99. The summed E-state index contributed by atoms with van der Waals surface area (Å²) >= 11 is 0. The first kappa shape index (κ1) is 10.4. The molecule has 0 aliphatic carbocycles. The number of hydrogen-bond acceptors (Lipinski definition) is 4. The summed E-state index contributed by atoms with van der Waals surface area (Å²) in [6.07, 6.45) is 0. The van der Waals surface area contributed by atoms with Crippen molar-refractivity contribution in [3.8, 4) is 5.75 Å². The van der Waals surface area contributed by atoms with E-state index < -0.39 is 9.84 Å². The smallest absolute Gasteiger partial charge is 0.152 e. The highest BCUT2D eigenvalue weighted by Crippen LogP contribution is 2.28. The Balaban J connectivity index is 2.29. The van der Waals surface area contributed by atoms with E-state index in [4.69, 9.17) is 10.8 Å². The van der Waals surface area contributed by atoms with Crippen LogP contribution in [0.3, 0.4) is 0 Å². The van der Waals surface area contributed by atoms with Crippen LogP contribution in [0.2, 0.25) is 0 Å². The number of aromatic hydroxyl groups is 1. The first-order valence-corrected chi connectivity index (χ1v) is 6.55. The van der Waals surface area contributed by atoms with E-state index in [2.05, 4.69) is 0 Å². The Kier molecular flexibility index (Phi) is 2.44. The molecule has 5 heteroatoms. The Morgan fingerprint density at radius 2 is 1.80 bits per heavy atom. The fraction of sp³-hybridized carbons (Fsp3) is 0.400. The van der Waals surface area contributed by atoms with E-state index in [1.165, 1.54) is 0 Å². The SMILES string of the molecule is NC1CS(=O)(=O)CC1c1ccc(O)cc1. The predicted octanol–water partition coefficient (Wildman–Crippen LogP) is 0.231. The summed E-state index contributed by atoms with van der Waals surface area (Å²) in [6.45, 7) is 0. The van der Waals surface area contributed by atoms with Gasteiger partial charge in [0.2, 0.25) is 0 Å². The van der Waals surface area contributed by atoms with Gasteiger partial charge >= 0.3 is 0 Å². The fourth-order valence-corrected chi connectivity index (χ4v) is 3.88. The summed E-state index contributed by atoms with van der Waals surface area (Å²) in [5.74, 6) is 0.195. The molecule has 1 saturated heterocycles. The number of hydrogen-bond donors (Lipinski definition) is 2. The minimum atomic E-state index is -2.99. The lowest BCUT2D eigenvalue weighted by molar-refractivity contribution is 0.474. The summed E-state index contributed by atoms with van der Waals surface area (Å²) in [5, 5.41) is 9.12. The normalized spacial score (nSPS) is 29.1. The molecule has 1 aromatic carbocycles. The zero-order valence-electron chi connectivity index (χ0n) is 8.13. The number of benzene rings is 1. The minimum absolute atomic E-state index is 0.0541. The summed E-state index contributed by atoms with van der Waals surface area (Å²) in [6, 6.07) is 6.21. The molecule has 82 valence electrons. The van der Waals surface area contributed by atoms with Gasteiger partial charge in [-0.2, -0.15) is 0 Å². The molecule has 0 bridgehead atoms. The largest absolute Gasteiger partial charge is 0.508 e. The third-order valence-electron chi connectivity index (χ3n) is 2.72. The molecular weight excluding hydrogens is 214 g/mol. The van der Waals surface area contributed by atoms with Crippen LogP contribution in [0.1, 0.15) is 11.5 Å². The van der Waals surface area contributed by atoms with Crippen molar-refractivity contribution in [3.05, 3.63) is 29.8 Å². The van der Waals surface area contributed by atoms with Crippen LogP contribution in [-0.2, 0) is 9.84 Å². The maximum atomic E-state index is 11.4. The number of sulfone groups is 1. The van der Waals surface area contributed by atoms with Gasteiger partial charge in [-0.25, -0.2) is 8.42 Å². The molecule has 2 rings (SSSR count). The first-order chi connectivity index (χ1) is 6.98. The Morgan fingerprint density at radius 1 is 1.20 bits per heavy atom. The average Bonchev–Trinajstić information content (AvgIpc) is 2.41. The van der Waals surface area contributed by atoms with Crippen molar-refractivity contribution in [3.63, 3.8) is 0 Å². The van der Waals surface area contributed by atoms with Crippen molar-refractivity contribution in [2.75, 3.05) is 11.5 Å². The Labute approximate surface area is 88.6 Å². The molecule has 0 saturated carbocycles. The van der Waals surface area contributed by atoms with Gasteiger partial charge in [0.15, 0.2) is 9.84 Å². The molecule has 1 heterocycles. The van der Waals surface area contributed by atoms with Crippen molar-refractivity contribution < 1.29 is 13.5 Å². The fourth-order valence-electron chi connectivity index (χ4n) is 1.94. The molecule has 0 amide bonds. The van der Waals surface area contributed by atoms with Gasteiger partial charge in [0.05, 0.1) is 11.5 Å². The van der Waals surface area contributed by atoms with Crippen LogP contribution in [0, 0.1) is 0 Å². The molecule has 3 N–H and O–H groups in total. The third-order valence-corrected chi connectivity index (χ3v) is 4.48. The van der Waals surface area contributed by atoms with E-state index in [-0.39, 0.29) is 29.2 Å². The molecular formula is C10H13NO3S. The van der Waals surface area contributed by atoms with Crippen molar-refractivity contribution >= 4 is 9.84 Å². The van der Waals surface area contributed by atoms with Crippen molar-refractivity contribution in [1.29, 1.82) is 0 Å². The monoisotopic (exact) mass is 227 g/mol. The van der Waals surface area contributed by atoms with E-state index in [0.717, 1.165) is 5.56 Å². The zero-order valence-corrected chi connectivity index (χ0v) is 8.94. The van der Waals surface area contributed by atoms with E-state index in [1.807, 2.05) is 0 Å². The standard InChI is InChI=1S/C10H13NO3S/c11-10-6-15(13,14)5-9(10)7-1-3-8(12)4-2-7/h1-4,9-10,12H,5-6,11H2.